The molecule has 0 amide bonds. The van der Waals surface area contributed by atoms with Gasteiger partial charge in [0.05, 0.1) is 4.88 Å². The molecule has 0 atom stereocenters. The van der Waals surface area contributed by atoms with Gasteiger partial charge in [0.1, 0.15) is 0 Å². The standard InChI is InChI=1S/C11H15NOS/c13-9-11-5-4-10(14-11)8-12-6-2-1-3-7-12/h4-5,9H,1-3,6-8H2. The van der Waals surface area contributed by atoms with Gasteiger partial charge in [0.25, 0.3) is 0 Å². The molecule has 14 heavy (non-hydrogen) atoms. The van der Waals surface area contributed by atoms with Crippen molar-refractivity contribution >= 4 is 17.6 Å². The molecule has 0 N–H and O–H groups in total. The van der Waals surface area contributed by atoms with Gasteiger partial charge in [-0.15, -0.1) is 11.3 Å². The Hall–Kier alpha value is -0.670. The molecule has 1 fully saturated rings. The Morgan fingerprint density at radius 3 is 2.71 bits per heavy atom. The molecule has 0 spiro atoms. The Morgan fingerprint density at radius 2 is 2.07 bits per heavy atom. The quantitative estimate of drug-likeness (QED) is 0.713. The molecule has 2 rings (SSSR count). The predicted octanol–water partition coefficient (Wildman–Crippen LogP) is 2.55. The maximum absolute atomic E-state index is 10.5. The number of carbonyl (C=O) groups excluding carboxylic acids is 1. The third-order valence-electron chi connectivity index (χ3n) is 2.63. The lowest BCUT2D eigenvalue weighted by atomic mass is 10.1. The molecule has 0 aliphatic carbocycles. The Morgan fingerprint density at radius 1 is 1.29 bits per heavy atom. The maximum atomic E-state index is 10.5. The molecule has 3 heteroatoms. The van der Waals surface area contributed by atoms with Crippen molar-refractivity contribution in [3.63, 3.8) is 0 Å². The summed E-state index contributed by atoms with van der Waals surface area (Å²) in [7, 11) is 0. The van der Waals surface area contributed by atoms with Gasteiger partial charge in [-0.1, -0.05) is 6.42 Å². The Bertz CT molecular complexity index is 302. The van der Waals surface area contributed by atoms with E-state index in [0.717, 1.165) is 17.7 Å². The number of piperidine rings is 1. The van der Waals surface area contributed by atoms with E-state index in [4.69, 9.17) is 0 Å². The maximum Gasteiger partial charge on any atom is 0.160 e. The van der Waals surface area contributed by atoms with E-state index in [0.29, 0.717) is 0 Å². The van der Waals surface area contributed by atoms with E-state index in [2.05, 4.69) is 11.0 Å². The first kappa shape index (κ1) is 9.87. The number of aldehydes is 1. The van der Waals surface area contributed by atoms with Gasteiger partial charge in [-0.05, 0) is 38.1 Å². The lowest BCUT2D eigenvalue weighted by molar-refractivity contribution is 0.112. The molecule has 76 valence electrons. The van der Waals surface area contributed by atoms with Crippen LogP contribution in [-0.2, 0) is 6.54 Å². The van der Waals surface area contributed by atoms with Gasteiger partial charge in [0, 0.05) is 11.4 Å². The Balaban J connectivity index is 1.92. The summed E-state index contributed by atoms with van der Waals surface area (Å²) in [5, 5.41) is 0. The second kappa shape index (κ2) is 4.71. The van der Waals surface area contributed by atoms with Crippen LogP contribution in [0.3, 0.4) is 0 Å². The molecule has 0 saturated carbocycles. The van der Waals surface area contributed by atoms with Gasteiger partial charge in [-0.25, -0.2) is 0 Å². The number of likely N-dealkylation sites (tertiary alicyclic amines) is 1. The lowest BCUT2D eigenvalue weighted by Crippen LogP contribution is -2.28. The van der Waals surface area contributed by atoms with Crippen LogP contribution < -0.4 is 0 Å². The monoisotopic (exact) mass is 209 g/mol. The Kier molecular flexibility index (Phi) is 3.32. The summed E-state index contributed by atoms with van der Waals surface area (Å²) in [4.78, 5) is 15.1. The van der Waals surface area contributed by atoms with Crippen molar-refractivity contribution in [2.75, 3.05) is 13.1 Å². The van der Waals surface area contributed by atoms with Crippen molar-refractivity contribution in [1.29, 1.82) is 0 Å². The third-order valence-corrected chi connectivity index (χ3v) is 3.62. The van der Waals surface area contributed by atoms with E-state index < -0.39 is 0 Å². The van der Waals surface area contributed by atoms with Gasteiger partial charge >= 0.3 is 0 Å². The highest BCUT2D eigenvalue weighted by molar-refractivity contribution is 7.13. The van der Waals surface area contributed by atoms with Crippen molar-refractivity contribution < 1.29 is 4.79 Å². The van der Waals surface area contributed by atoms with Crippen molar-refractivity contribution in [2.24, 2.45) is 0 Å². The van der Waals surface area contributed by atoms with E-state index in [1.54, 1.807) is 11.3 Å². The number of rotatable bonds is 3. The highest BCUT2D eigenvalue weighted by Crippen LogP contribution is 2.19. The van der Waals surface area contributed by atoms with Crippen LogP contribution in [-0.4, -0.2) is 24.3 Å². The van der Waals surface area contributed by atoms with Crippen LogP contribution in [0.1, 0.15) is 33.8 Å². The van der Waals surface area contributed by atoms with Crippen LogP contribution in [0.15, 0.2) is 12.1 Å². The molecule has 1 saturated heterocycles. The van der Waals surface area contributed by atoms with Crippen LogP contribution in [0.25, 0.3) is 0 Å². The van der Waals surface area contributed by atoms with Crippen molar-refractivity contribution in [1.82, 2.24) is 4.90 Å². The molecular weight excluding hydrogens is 194 g/mol. The van der Waals surface area contributed by atoms with Gasteiger partial charge in [-0.2, -0.15) is 0 Å². The van der Waals surface area contributed by atoms with Crippen LogP contribution in [0, 0.1) is 0 Å². The average Bonchev–Trinajstić information content (AvgIpc) is 2.67. The number of nitrogens with zero attached hydrogens (tertiary/aromatic N) is 1. The SMILES string of the molecule is O=Cc1ccc(CN2CCCCC2)s1. The van der Waals surface area contributed by atoms with Crippen LogP contribution in [0.4, 0.5) is 0 Å². The van der Waals surface area contributed by atoms with Crippen molar-refractivity contribution in [3.05, 3.63) is 21.9 Å². The molecule has 1 aromatic rings. The first-order valence-corrected chi connectivity index (χ1v) is 5.96. The first-order valence-electron chi connectivity index (χ1n) is 5.15. The van der Waals surface area contributed by atoms with E-state index in [1.807, 2.05) is 6.07 Å². The summed E-state index contributed by atoms with van der Waals surface area (Å²) in [5.41, 5.74) is 0. The number of hydrogen-bond acceptors (Lipinski definition) is 3. The average molecular weight is 209 g/mol. The molecule has 2 nitrogen and oxygen atoms in total. The summed E-state index contributed by atoms with van der Waals surface area (Å²) in [6, 6.07) is 3.99. The molecular formula is C11H15NOS. The summed E-state index contributed by atoms with van der Waals surface area (Å²) in [5.74, 6) is 0. The minimum absolute atomic E-state index is 0.844. The molecule has 1 aliphatic heterocycles. The second-order valence-electron chi connectivity index (χ2n) is 3.76. The minimum atomic E-state index is 0.844. The number of thiophene rings is 1. The lowest BCUT2D eigenvalue weighted by Gasteiger charge is -2.25. The summed E-state index contributed by atoms with van der Waals surface area (Å²) in [6.07, 6.45) is 4.96. The highest BCUT2D eigenvalue weighted by Gasteiger charge is 2.11. The van der Waals surface area contributed by atoms with Gasteiger partial charge < -0.3 is 0 Å². The normalized spacial score (nSPS) is 18.3. The molecule has 0 radical (unpaired) electrons. The highest BCUT2D eigenvalue weighted by atomic mass is 32.1. The number of hydrogen-bond donors (Lipinski definition) is 0. The smallest absolute Gasteiger partial charge is 0.160 e. The summed E-state index contributed by atoms with van der Waals surface area (Å²) < 4.78 is 0. The molecule has 0 aromatic carbocycles. The minimum Gasteiger partial charge on any atom is -0.298 e. The van der Waals surface area contributed by atoms with Gasteiger partial charge in [0.15, 0.2) is 6.29 Å². The van der Waals surface area contributed by atoms with Gasteiger partial charge in [0.2, 0.25) is 0 Å². The van der Waals surface area contributed by atoms with Crippen LogP contribution in [0.5, 0.6) is 0 Å². The molecule has 2 heterocycles. The third kappa shape index (κ3) is 2.42. The zero-order valence-electron chi connectivity index (χ0n) is 8.24. The molecule has 0 bridgehead atoms. The van der Waals surface area contributed by atoms with E-state index in [-0.39, 0.29) is 0 Å². The largest absolute Gasteiger partial charge is 0.298 e. The summed E-state index contributed by atoms with van der Waals surface area (Å²) >= 11 is 1.62. The fraction of sp³-hybridized carbons (Fsp3) is 0.545. The second-order valence-corrected chi connectivity index (χ2v) is 4.96. The van der Waals surface area contributed by atoms with Crippen molar-refractivity contribution in [3.8, 4) is 0 Å². The van der Waals surface area contributed by atoms with Crippen molar-refractivity contribution in [2.45, 2.75) is 25.8 Å². The zero-order valence-corrected chi connectivity index (χ0v) is 9.05. The fourth-order valence-corrected chi connectivity index (χ4v) is 2.75. The number of carbonyl (C=O) groups is 1. The van der Waals surface area contributed by atoms with E-state index in [1.165, 1.54) is 37.2 Å². The van der Waals surface area contributed by atoms with E-state index in [9.17, 15) is 4.79 Å². The first-order chi connectivity index (χ1) is 6.88. The van der Waals surface area contributed by atoms with Crippen LogP contribution in [0.2, 0.25) is 0 Å². The fourth-order valence-electron chi connectivity index (χ4n) is 1.88. The predicted molar refractivity (Wildman–Crippen MR) is 58.8 cm³/mol. The van der Waals surface area contributed by atoms with E-state index >= 15 is 0 Å². The molecule has 0 unspecified atom stereocenters. The molecule has 1 aromatic heterocycles. The van der Waals surface area contributed by atoms with Gasteiger partial charge in [-0.3, -0.25) is 9.69 Å². The van der Waals surface area contributed by atoms with Crippen LogP contribution >= 0.6 is 11.3 Å². The Labute approximate surface area is 88.5 Å². The topological polar surface area (TPSA) is 20.3 Å². The molecule has 1 aliphatic rings. The zero-order chi connectivity index (χ0) is 9.80. The summed E-state index contributed by atoms with van der Waals surface area (Å²) in [6.45, 7) is 3.46.